The van der Waals surface area contributed by atoms with Gasteiger partial charge in [0.25, 0.3) is 0 Å². The van der Waals surface area contributed by atoms with Crippen LogP contribution in [0, 0.1) is 0 Å². The maximum Gasteiger partial charge on any atom is 0.167 e. The molecule has 0 unspecified atom stereocenters. The van der Waals surface area contributed by atoms with Crippen molar-refractivity contribution in [3.63, 3.8) is 0 Å². The molecule has 6 heterocycles. The van der Waals surface area contributed by atoms with E-state index in [9.17, 15) is 0 Å². The molecule has 12 heteroatoms. The second-order valence-corrected chi connectivity index (χ2v) is 36.1. The van der Waals surface area contributed by atoms with E-state index in [0.717, 1.165) is 205 Å². The van der Waals surface area contributed by atoms with E-state index in [0.29, 0.717) is 52.4 Å². The highest BCUT2D eigenvalue weighted by Gasteiger charge is 2.28. The predicted octanol–water partition coefficient (Wildman–Crippen LogP) is 35.3. The highest BCUT2D eigenvalue weighted by atomic mass is 16.3. The minimum atomic E-state index is 0.535. The smallest absolute Gasteiger partial charge is 0.167 e. The molecule has 147 heavy (non-hydrogen) atoms. The summed E-state index contributed by atoms with van der Waals surface area (Å²) in [6.45, 7) is 0. The van der Waals surface area contributed by atoms with Crippen LogP contribution >= 0.6 is 0 Å². The van der Waals surface area contributed by atoms with Crippen molar-refractivity contribution in [1.29, 1.82) is 0 Å². The average molecular weight is 1880 g/mol. The first-order chi connectivity index (χ1) is 72.8. The fraction of sp³-hybridized carbons (Fsp3) is 0. The quantitative estimate of drug-likeness (QED) is 0.0803. The Labute approximate surface area is 848 Å². The molecule has 0 aliphatic heterocycles. The van der Waals surface area contributed by atoms with Crippen molar-refractivity contribution in [2.75, 3.05) is 0 Å². The molecule has 21 aromatic carbocycles. The molecule has 6 aromatic heterocycles. The van der Waals surface area contributed by atoms with Crippen LogP contribution in [-0.4, -0.2) is 44.9 Å². The number of para-hydroxylation sites is 2. The van der Waals surface area contributed by atoms with E-state index in [1.807, 2.05) is 146 Å². The van der Waals surface area contributed by atoms with Crippen molar-refractivity contribution in [3.05, 3.63) is 528 Å². The number of benzene rings is 21. The summed E-state index contributed by atoms with van der Waals surface area (Å²) in [6.07, 6.45) is 0. The zero-order chi connectivity index (χ0) is 97.7. The lowest BCUT2D eigenvalue weighted by Crippen LogP contribution is -2.01. The molecule has 0 amide bonds. The summed E-state index contributed by atoms with van der Waals surface area (Å²) in [4.78, 5) is 46.0. The van der Waals surface area contributed by atoms with E-state index < -0.39 is 0 Å². The molecule has 0 saturated heterocycles. The molecule has 27 aromatic rings. The molecule has 0 radical (unpaired) electrons. The third kappa shape index (κ3) is 18.0. The van der Waals surface area contributed by atoms with Crippen LogP contribution in [0.15, 0.2) is 541 Å². The SMILES string of the molecule is c1ccc(-c2ccc(-c3nc(-c4ccc(-c5ccccc5)cc4)nc(-c4ccc(-c5ccccc5)c5c4oc4c(-c6ccccc6)cc(-c6ccccc6)cc45)n3)cc2)cc1.c1ccc(-c2ccc(-c3nc(-c4ccccc4)nc(-c4c(-c5ccccc5)ccc5oc6ccccc6c45)n3)cc2)cc1.c1ccc(-c2ccc(-c3nc(-c4ccccc4)nc(-c4cc5oc6ccccc6c5cc4-c4ccccc4)n3)cc2)cc1. The number of furan rings is 3. The summed E-state index contributed by atoms with van der Waals surface area (Å²) in [5, 5.41) is 6.21. The van der Waals surface area contributed by atoms with Crippen molar-refractivity contribution in [2.24, 2.45) is 0 Å². The summed E-state index contributed by atoms with van der Waals surface area (Å²) >= 11 is 0. The molecule has 0 saturated carbocycles. The molecule has 27 rings (SSSR count). The maximum absolute atomic E-state index is 7.20. The lowest BCUT2D eigenvalue weighted by atomic mass is 9.92. The van der Waals surface area contributed by atoms with Gasteiger partial charge in [0.2, 0.25) is 0 Å². The van der Waals surface area contributed by atoms with E-state index in [1.165, 1.54) is 11.1 Å². The Bertz CT molecular complexity index is 9290. The van der Waals surface area contributed by atoms with Gasteiger partial charge in [-0.3, -0.25) is 0 Å². The minimum Gasteiger partial charge on any atom is -0.456 e. The van der Waals surface area contributed by atoms with Crippen LogP contribution in [-0.2, 0) is 0 Å². The number of aromatic nitrogens is 9. The Kier molecular flexibility index (Phi) is 23.8. The summed E-state index contributed by atoms with van der Waals surface area (Å²) in [5.41, 5.74) is 32.9. The van der Waals surface area contributed by atoms with Gasteiger partial charge in [0.15, 0.2) is 52.4 Å². The standard InChI is InChI=1S/C57H37N3O.2C39H25N3O/c1-6-16-38(17-7-1)41-26-30-45(31-27-41)55-58-56(46-32-28-42(29-33-46)39-18-8-2-9-19-39)60-57(59-55)49-35-34-48(43-22-12-4-13-23-43)52-51-37-47(40-20-10-3-11-21-40)36-50(53(51)61-54(49)52)44-24-14-5-15-25-44;1-4-12-26(13-5-1)27-20-22-30(23-21-27)38-40-37(29-16-8-3-9-17-29)41-39(42-38)34-25-36-33(31-18-10-11-19-35(31)43-36)24-32(34)28-14-6-2-7-15-28;1-4-12-26(13-5-1)27-20-22-30(23-21-27)38-40-37(29-16-8-3-9-17-29)41-39(42-38)36-31(28-14-6-2-7-15-28)24-25-34-35(36)32-18-10-11-19-33(32)43-34/h1-37H;2*1-25H. The Morgan fingerprint density at radius 1 is 0.116 bits per heavy atom. The molecule has 0 N–H and O–H groups in total. The predicted molar refractivity (Wildman–Crippen MR) is 599 cm³/mol. The first-order valence-corrected chi connectivity index (χ1v) is 49.1. The van der Waals surface area contributed by atoms with Crippen LogP contribution in [0.25, 0.3) is 268 Å². The van der Waals surface area contributed by atoms with Crippen molar-refractivity contribution in [1.82, 2.24) is 44.9 Å². The van der Waals surface area contributed by atoms with Gasteiger partial charge in [-0.15, -0.1) is 0 Å². The summed E-state index contributed by atoms with van der Waals surface area (Å²) < 4.78 is 19.8. The molecule has 0 atom stereocenters. The fourth-order valence-corrected chi connectivity index (χ4v) is 19.6. The van der Waals surface area contributed by atoms with Gasteiger partial charge in [0, 0.05) is 82.4 Å². The average Bonchev–Trinajstić information content (AvgIpc) is 1.57. The van der Waals surface area contributed by atoms with E-state index in [2.05, 4.69) is 382 Å². The second kappa shape index (κ2) is 39.6. The lowest BCUT2D eigenvalue weighted by Gasteiger charge is -2.13. The molecule has 12 nitrogen and oxygen atoms in total. The summed E-state index contributed by atoms with van der Waals surface area (Å²) in [6, 6.07) is 181. The van der Waals surface area contributed by atoms with Gasteiger partial charge in [-0.2, -0.15) is 0 Å². The molecule has 690 valence electrons. The van der Waals surface area contributed by atoms with Gasteiger partial charge < -0.3 is 13.3 Å². The molecule has 0 fully saturated rings. The summed E-state index contributed by atoms with van der Waals surface area (Å²) in [7, 11) is 0. The lowest BCUT2D eigenvalue weighted by molar-refractivity contribution is 0.668. The topological polar surface area (TPSA) is 155 Å². The highest BCUT2D eigenvalue weighted by Crippen LogP contribution is 2.49. The molecule has 0 bridgehead atoms. The van der Waals surface area contributed by atoms with Gasteiger partial charge >= 0.3 is 0 Å². The van der Waals surface area contributed by atoms with Crippen LogP contribution in [0.4, 0.5) is 0 Å². The van der Waals surface area contributed by atoms with E-state index in [1.54, 1.807) is 0 Å². The van der Waals surface area contributed by atoms with E-state index in [-0.39, 0.29) is 0 Å². The maximum atomic E-state index is 7.20. The van der Waals surface area contributed by atoms with Gasteiger partial charge in [-0.25, -0.2) is 44.9 Å². The second-order valence-electron chi connectivity index (χ2n) is 36.1. The number of hydrogen-bond donors (Lipinski definition) is 0. The zero-order valence-corrected chi connectivity index (χ0v) is 79.5. The van der Waals surface area contributed by atoms with Gasteiger partial charge in [0.05, 0.1) is 5.56 Å². The van der Waals surface area contributed by atoms with Crippen LogP contribution in [0.3, 0.4) is 0 Å². The molecule has 0 spiro atoms. The van der Waals surface area contributed by atoms with E-state index in [4.69, 9.17) is 58.1 Å². The normalized spacial score (nSPS) is 11.3. The van der Waals surface area contributed by atoms with Gasteiger partial charge in [-0.05, 0) is 149 Å². The Balaban J connectivity index is 0.000000118. The van der Waals surface area contributed by atoms with Crippen molar-refractivity contribution < 1.29 is 13.3 Å². The van der Waals surface area contributed by atoms with Crippen LogP contribution < -0.4 is 0 Å². The van der Waals surface area contributed by atoms with Gasteiger partial charge in [-0.1, -0.05) is 473 Å². The largest absolute Gasteiger partial charge is 0.456 e. The Hall–Kier alpha value is -20.0. The first-order valence-electron chi connectivity index (χ1n) is 49.1. The third-order valence-electron chi connectivity index (χ3n) is 26.9. The summed E-state index contributed by atoms with van der Waals surface area (Å²) in [5.74, 6) is 5.38. The number of hydrogen-bond acceptors (Lipinski definition) is 12. The number of nitrogens with zero attached hydrogens (tertiary/aromatic N) is 9. The number of rotatable bonds is 18. The molecule has 0 aliphatic carbocycles. The van der Waals surface area contributed by atoms with Crippen LogP contribution in [0.1, 0.15) is 0 Å². The van der Waals surface area contributed by atoms with Crippen molar-refractivity contribution in [3.8, 4) is 203 Å². The van der Waals surface area contributed by atoms with Crippen LogP contribution in [0.2, 0.25) is 0 Å². The monoisotopic (exact) mass is 1880 g/mol. The third-order valence-corrected chi connectivity index (χ3v) is 26.9. The Morgan fingerprint density at radius 3 is 0.789 bits per heavy atom. The number of fused-ring (bicyclic) bond motifs is 9. The van der Waals surface area contributed by atoms with Gasteiger partial charge in [0.1, 0.15) is 33.5 Å². The van der Waals surface area contributed by atoms with E-state index >= 15 is 0 Å². The minimum absolute atomic E-state index is 0.535. The molecular formula is C135H87N9O3. The van der Waals surface area contributed by atoms with Crippen LogP contribution in [0.5, 0.6) is 0 Å². The van der Waals surface area contributed by atoms with Crippen molar-refractivity contribution >= 4 is 65.8 Å². The molecular weight excluding hydrogens is 1800 g/mol. The highest BCUT2D eigenvalue weighted by molar-refractivity contribution is 6.20. The fourth-order valence-electron chi connectivity index (χ4n) is 19.6. The van der Waals surface area contributed by atoms with Crippen molar-refractivity contribution in [2.45, 2.75) is 0 Å². The molecule has 0 aliphatic rings. The first kappa shape index (κ1) is 88.5. The zero-order valence-electron chi connectivity index (χ0n) is 79.5. The Morgan fingerprint density at radius 2 is 0.388 bits per heavy atom.